The van der Waals surface area contributed by atoms with E-state index < -0.39 is 0 Å². The van der Waals surface area contributed by atoms with Crippen molar-refractivity contribution in [2.24, 2.45) is 11.0 Å². The van der Waals surface area contributed by atoms with Gasteiger partial charge in [-0.05, 0) is 43.8 Å². The predicted octanol–water partition coefficient (Wildman–Crippen LogP) is 2.81. The van der Waals surface area contributed by atoms with Gasteiger partial charge in [0, 0.05) is 17.5 Å². The molecule has 1 aliphatic rings. The summed E-state index contributed by atoms with van der Waals surface area (Å²) in [7, 11) is 0. The molecule has 14 heavy (non-hydrogen) atoms. The molecule has 1 rings (SSSR count). The molecule has 0 N–H and O–H groups in total. The number of hydrogen-bond donors (Lipinski definition) is 0. The third-order valence-electron chi connectivity index (χ3n) is 2.95. The summed E-state index contributed by atoms with van der Waals surface area (Å²) >= 11 is 0. The van der Waals surface area contributed by atoms with Gasteiger partial charge < -0.3 is 4.90 Å². The van der Waals surface area contributed by atoms with Crippen LogP contribution in [0.2, 0.25) is 0 Å². The highest BCUT2D eigenvalue weighted by Crippen LogP contribution is 2.23. The van der Waals surface area contributed by atoms with Gasteiger partial charge in [0.05, 0.1) is 0 Å². The Morgan fingerprint density at radius 3 is 3.00 bits per heavy atom. The molecule has 0 spiro atoms. The minimum Gasteiger partial charge on any atom is -0.300 e. The highest BCUT2D eigenvalue weighted by atomic mass is 15.2. The molecule has 0 amide bonds. The van der Waals surface area contributed by atoms with Crippen LogP contribution in [0, 0.1) is 5.92 Å². The van der Waals surface area contributed by atoms with Gasteiger partial charge >= 0.3 is 0 Å². The van der Waals surface area contributed by atoms with Crippen LogP contribution in [-0.4, -0.2) is 30.6 Å². The molecule has 0 aromatic heterocycles. The number of nitrogens with zero attached hydrogens (tertiary/aromatic N) is 4. The summed E-state index contributed by atoms with van der Waals surface area (Å²) in [4.78, 5) is 5.30. The Morgan fingerprint density at radius 2 is 2.36 bits per heavy atom. The maximum atomic E-state index is 8.14. The Kier molecular flexibility index (Phi) is 4.77. The van der Waals surface area contributed by atoms with Gasteiger partial charge in [-0.3, -0.25) is 0 Å². The third kappa shape index (κ3) is 3.20. The summed E-state index contributed by atoms with van der Waals surface area (Å²) in [6, 6.07) is 0.751. The van der Waals surface area contributed by atoms with Crippen molar-refractivity contribution in [2.75, 3.05) is 19.6 Å². The first-order valence-electron chi connectivity index (χ1n) is 5.50. The lowest BCUT2D eigenvalue weighted by Crippen LogP contribution is -2.34. The lowest BCUT2D eigenvalue weighted by atomic mass is 10.0. The van der Waals surface area contributed by atoms with E-state index in [9.17, 15) is 0 Å². The van der Waals surface area contributed by atoms with Crippen molar-refractivity contribution < 1.29 is 0 Å². The summed E-state index contributed by atoms with van der Waals surface area (Å²) in [6.45, 7) is 7.52. The zero-order valence-corrected chi connectivity index (χ0v) is 9.19. The fourth-order valence-electron chi connectivity index (χ4n) is 2.27. The molecule has 0 saturated carbocycles. The molecule has 0 aromatic carbocycles. The number of likely N-dealkylation sites (tertiary alicyclic amines) is 1. The van der Waals surface area contributed by atoms with E-state index in [-0.39, 0.29) is 0 Å². The highest BCUT2D eigenvalue weighted by molar-refractivity contribution is 4.81. The van der Waals surface area contributed by atoms with E-state index in [4.69, 9.17) is 5.53 Å². The van der Waals surface area contributed by atoms with Crippen LogP contribution in [0.3, 0.4) is 0 Å². The van der Waals surface area contributed by atoms with E-state index in [1.807, 2.05) is 0 Å². The topological polar surface area (TPSA) is 52.0 Å². The van der Waals surface area contributed by atoms with Crippen LogP contribution in [0.5, 0.6) is 0 Å². The van der Waals surface area contributed by atoms with E-state index in [0.717, 1.165) is 24.9 Å². The molecule has 0 radical (unpaired) electrons. The second-order valence-corrected chi connectivity index (χ2v) is 4.30. The van der Waals surface area contributed by atoms with Gasteiger partial charge in [-0.1, -0.05) is 19.0 Å². The molecule has 1 aliphatic heterocycles. The lowest BCUT2D eigenvalue weighted by Gasteiger charge is -2.27. The standard InChI is InChI=1S/C10H20N4/c1-9(2)10-5-3-7-14(10)8-4-6-12-13-11/h9-10H,3-8H2,1-2H3. The Labute approximate surface area is 85.9 Å². The zero-order valence-electron chi connectivity index (χ0n) is 9.19. The molecule has 4 heteroatoms. The van der Waals surface area contributed by atoms with Crippen molar-refractivity contribution >= 4 is 0 Å². The zero-order chi connectivity index (χ0) is 10.4. The first-order chi connectivity index (χ1) is 6.75. The summed E-state index contributed by atoms with van der Waals surface area (Å²) < 4.78 is 0. The first kappa shape index (κ1) is 11.3. The van der Waals surface area contributed by atoms with Crippen molar-refractivity contribution in [1.29, 1.82) is 0 Å². The molecule has 4 nitrogen and oxygen atoms in total. The number of hydrogen-bond acceptors (Lipinski definition) is 2. The van der Waals surface area contributed by atoms with E-state index in [0.29, 0.717) is 6.54 Å². The Balaban J connectivity index is 2.25. The first-order valence-corrected chi connectivity index (χ1v) is 5.50. The average molecular weight is 196 g/mol. The Bertz CT molecular complexity index is 208. The monoisotopic (exact) mass is 196 g/mol. The van der Waals surface area contributed by atoms with Gasteiger partial charge in [-0.15, -0.1) is 0 Å². The van der Waals surface area contributed by atoms with Crippen molar-refractivity contribution in [3.05, 3.63) is 10.4 Å². The molecule has 0 aliphatic carbocycles. The fraction of sp³-hybridized carbons (Fsp3) is 1.00. The Hall–Kier alpha value is -0.730. The molecule has 1 unspecified atom stereocenters. The van der Waals surface area contributed by atoms with Crippen LogP contribution in [0.1, 0.15) is 33.1 Å². The normalized spacial score (nSPS) is 22.6. The van der Waals surface area contributed by atoms with Crippen LogP contribution in [0.15, 0.2) is 5.11 Å². The van der Waals surface area contributed by atoms with Gasteiger partial charge in [0.15, 0.2) is 0 Å². The maximum absolute atomic E-state index is 8.14. The van der Waals surface area contributed by atoms with E-state index in [2.05, 4.69) is 28.8 Å². The lowest BCUT2D eigenvalue weighted by molar-refractivity contribution is 0.205. The van der Waals surface area contributed by atoms with Crippen molar-refractivity contribution in [2.45, 2.75) is 39.2 Å². The van der Waals surface area contributed by atoms with Gasteiger partial charge in [-0.25, -0.2) is 0 Å². The molecule has 0 aromatic rings. The maximum Gasteiger partial charge on any atom is 0.0270 e. The molecule has 1 atom stereocenters. The molecular formula is C10H20N4. The van der Waals surface area contributed by atoms with E-state index in [1.165, 1.54) is 19.4 Å². The molecule has 80 valence electrons. The van der Waals surface area contributed by atoms with Crippen LogP contribution in [0.4, 0.5) is 0 Å². The van der Waals surface area contributed by atoms with Crippen LogP contribution >= 0.6 is 0 Å². The molecule has 1 saturated heterocycles. The average Bonchev–Trinajstić information content (AvgIpc) is 2.60. The second kappa shape index (κ2) is 5.89. The smallest absolute Gasteiger partial charge is 0.0270 e. The molecule has 1 fully saturated rings. The summed E-state index contributed by atoms with van der Waals surface area (Å²) in [5.74, 6) is 0.747. The SMILES string of the molecule is CC(C)C1CCCN1CCCN=[N+]=[N-]. The summed E-state index contributed by atoms with van der Waals surface area (Å²) in [5, 5.41) is 3.56. The largest absolute Gasteiger partial charge is 0.300 e. The van der Waals surface area contributed by atoms with Gasteiger partial charge in [-0.2, -0.15) is 0 Å². The molecule has 0 bridgehead atoms. The van der Waals surface area contributed by atoms with Crippen LogP contribution in [-0.2, 0) is 0 Å². The fourth-order valence-corrected chi connectivity index (χ4v) is 2.27. The van der Waals surface area contributed by atoms with Crippen molar-refractivity contribution in [3.63, 3.8) is 0 Å². The molecule has 1 heterocycles. The summed E-state index contributed by atoms with van der Waals surface area (Å²) in [6.07, 6.45) is 3.65. The van der Waals surface area contributed by atoms with Crippen LogP contribution in [0.25, 0.3) is 10.4 Å². The number of azide groups is 1. The minimum absolute atomic E-state index is 0.637. The minimum atomic E-state index is 0.637. The Morgan fingerprint density at radius 1 is 1.57 bits per heavy atom. The number of rotatable bonds is 5. The van der Waals surface area contributed by atoms with Crippen LogP contribution < -0.4 is 0 Å². The summed E-state index contributed by atoms with van der Waals surface area (Å²) in [5.41, 5.74) is 8.14. The molecular weight excluding hydrogens is 176 g/mol. The van der Waals surface area contributed by atoms with E-state index >= 15 is 0 Å². The van der Waals surface area contributed by atoms with Crippen molar-refractivity contribution in [3.8, 4) is 0 Å². The predicted molar refractivity (Wildman–Crippen MR) is 58.1 cm³/mol. The van der Waals surface area contributed by atoms with Gasteiger partial charge in [0.2, 0.25) is 0 Å². The highest BCUT2D eigenvalue weighted by Gasteiger charge is 2.25. The third-order valence-corrected chi connectivity index (χ3v) is 2.95. The van der Waals surface area contributed by atoms with E-state index in [1.54, 1.807) is 0 Å². The second-order valence-electron chi connectivity index (χ2n) is 4.30. The van der Waals surface area contributed by atoms with Gasteiger partial charge in [0.25, 0.3) is 0 Å². The quantitative estimate of drug-likeness (QED) is 0.289. The van der Waals surface area contributed by atoms with Crippen molar-refractivity contribution in [1.82, 2.24) is 4.90 Å². The van der Waals surface area contributed by atoms with Gasteiger partial charge in [0.1, 0.15) is 0 Å².